The molecular weight excluding hydrogens is 406 g/mol. The van der Waals surface area contributed by atoms with Gasteiger partial charge in [0.25, 0.3) is 5.56 Å². The number of amides is 1. The third-order valence-corrected chi connectivity index (χ3v) is 5.09. The molecule has 3 N–H and O–H groups in total. The predicted molar refractivity (Wildman–Crippen MR) is 128 cm³/mol. The molecule has 2 aromatic carbocycles. The number of likely N-dealkylation sites (N-methyl/N-ethyl adjacent to an activating group) is 1. The van der Waals surface area contributed by atoms with Gasteiger partial charge in [-0.2, -0.15) is 0 Å². The zero-order chi connectivity index (χ0) is 23.3. The van der Waals surface area contributed by atoms with E-state index in [2.05, 4.69) is 4.98 Å². The summed E-state index contributed by atoms with van der Waals surface area (Å²) in [4.78, 5) is 44.1. The molecule has 0 spiro atoms. The van der Waals surface area contributed by atoms with Crippen LogP contribution in [0, 0.1) is 5.92 Å². The first-order chi connectivity index (χ1) is 15.3. The van der Waals surface area contributed by atoms with Crippen LogP contribution in [0.15, 0.2) is 70.3 Å². The smallest absolute Gasteiger partial charge is 0.330 e. The summed E-state index contributed by atoms with van der Waals surface area (Å²) in [5.41, 5.74) is 6.77. The SMILES string of the molecule is CC(C)CN(C(=O)CN(C)c1ccccc1)c1c(N)n(Cc2ccccc2)c(=O)[nH]c1=O. The van der Waals surface area contributed by atoms with Gasteiger partial charge in [0, 0.05) is 19.3 Å². The molecule has 0 fully saturated rings. The van der Waals surface area contributed by atoms with E-state index in [4.69, 9.17) is 5.73 Å². The number of nitrogens with zero attached hydrogens (tertiary/aromatic N) is 3. The maximum Gasteiger partial charge on any atom is 0.330 e. The Labute approximate surface area is 186 Å². The fourth-order valence-corrected chi connectivity index (χ4v) is 3.51. The van der Waals surface area contributed by atoms with E-state index in [0.29, 0.717) is 0 Å². The van der Waals surface area contributed by atoms with Crippen molar-refractivity contribution in [1.82, 2.24) is 9.55 Å². The Bertz CT molecular complexity index is 1170. The van der Waals surface area contributed by atoms with Crippen LogP contribution in [-0.4, -0.2) is 35.6 Å². The quantitative estimate of drug-likeness (QED) is 0.565. The van der Waals surface area contributed by atoms with Crippen LogP contribution in [0.4, 0.5) is 17.2 Å². The van der Waals surface area contributed by atoms with Crippen LogP contribution in [-0.2, 0) is 11.3 Å². The van der Waals surface area contributed by atoms with Crippen LogP contribution in [0.3, 0.4) is 0 Å². The second-order valence-electron chi connectivity index (χ2n) is 8.15. The monoisotopic (exact) mass is 435 g/mol. The van der Waals surface area contributed by atoms with Gasteiger partial charge in [-0.25, -0.2) is 4.79 Å². The molecular formula is C24H29N5O3. The minimum Gasteiger partial charge on any atom is -0.383 e. The van der Waals surface area contributed by atoms with E-state index in [-0.39, 0.29) is 43.0 Å². The number of nitrogen functional groups attached to an aromatic ring is 1. The lowest BCUT2D eigenvalue weighted by Crippen LogP contribution is -2.46. The molecule has 0 saturated heterocycles. The number of hydrogen-bond acceptors (Lipinski definition) is 5. The van der Waals surface area contributed by atoms with Crippen molar-refractivity contribution < 1.29 is 4.79 Å². The summed E-state index contributed by atoms with van der Waals surface area (Å²) >= 11 is 0. The minimum atomic E-state index is -0.673. The molecule has 8 heteroatoms. The molecule has 32 heavy (non-hydrogen) atoms. The van der Waals surface area contributed by atoms with Gasteiger partial charge in [0.15, 0.2) is 5.69 Å². The van der Waals surface area contributed by atoms with E-state index >= 15 is 0 Å². The molecule has 3 rings (SSSR count). The third-order valence-electron chi connectivity index (χ3n) is 5.09. The molecule has 0 bridgehead atoms. The van der Waals surface area contributed by atoms with Crippen molar-refractivity contribution in [3.63, 3.8) is 0 Å². The van der Waals surface area contributed by atoms with E-state index in [1.54, 1.807) is 4.90 Å². The van der Waals surface area contributed by atoms with Crippen LogP contribution >= 0.6 is 0 Å². The molecule has 1 amide bonds. The number of hydrogen-bond donors (Lipinski definition) is 2. The maximum atomic E-state index is 13.3. The number of aromatic nitrogens is 2. The van der Waals surface area contributed by atoms with Crippen LogP contribution < -0.4 is 26.8 Å². The summed E-state index contributed by atoms with van der Waals surface area (Å²) in [7, 11) is 1.81. The van der Waals surface area contributed by atoms with Crippen molar-refractivity contribution in [1.29, 1.82) is 0 Å². The number of rotatable bonds is 8. The van der Waals surface area contributed by atoms with Gasteiger partial charge in [0.05, 0.1) is 13.1 Å². The molecule has 3 aromatic rings. The molecule has 8 nitrogen and oxygen atoms in total. The summed E-state index contributed by atoms with van der Waals surface area (Å²) in [6.45, 7) is 4.42. The zero-order valence-corrected chi connectivity index (χ0v) is 18.6. The highest BCUT2D eigenvalue weighted by molar-refractivity contribution is 5.98. The fraction of sp³-hybridized carbons (Fsp3) is 0.292. The van der Waals surface area contributed by atoms with Gasteiger partial charge in [-0.1, -0.05) is 62.4 Å². The van der Waals surface area contributed by atoms with Crippen molar-refractivity contribution in [2.45, 2.75) is 20.4 Å². The number of para-hydroxylation sites is 1. The molecule has 0 unspecified atom stereocenters. The highest BCUT2D eigenvalue weighted by Crippen LogP contribution is 2.20. The molecule has 0 radical (unpaired) electrons. The number of carbonyl (C=O) groups is 1. The second kappa shape index (κ2) is 10.00. The second-order valence-corrected chi connectivity index (χ2v) is 8.15. The van der Waals surface area contributed by atoms with Crippen LogP contribution in [0.25, 0.3) is 0 Å². The van der Waals surface area contributed by atoms with Gasteiger partial charge in [0.2, 0.25) is 5.91 Å². The molecule has 0 saturated carbocycles. The van der Waals surface area contributed by atoms with E-state index < -0.39 is 11.2 Å². The van der Waals surface area contributed by atoms with E-state index in [1.807, 2.05) is 81.6 Å². The summed E-state index contributed by atoms with van der Waals surface area (Å²) in [6.07, 6.45) is 0. The number of anilines is 3. The Hall–Kier alpha value is -3.81. The summed E-state index contributed by atoms with van der Waals surface area (Å²) in [6, 6.07) is 18.8. The van der Waals surface area contributed by atoms with Crippen molar-refractivity contribution >= 4 is 23.1 Å². The van der Waals surface area contributed by atoms with Crippen molar-refractivity contribution in [2.24, 2.45) is 5.92 Å². The Morgan fingerprint density at radius 3 is 2.22 bits per heavy atom. The minimum absolute atomic E-state index is 0.000641. The Morgan fingerprint density at radius 2 is 1.62 bits per heavy atom. The zero-order valence-electron chi connectivity index (χ0n) is 18.6. The topological polar surface area (TPSA) is 104 Å². The van der Waals surface area contributed by atoms with E-state index in [9.17, 15) is 14.4 Å². The van der Waals surface area contributed by atoms with Crippen molar-refractivity contribution in [3.05, 3.63) is 87.1 Å². The van der Waals surface area contributed by atoms with Crippen LogP contribution in [0.1, 0.15) is 19.4 Å². The summed E-state index contributed by atoms with van der Waals surface area (Å²) in [5, 5.41) is 0. The number of aromatic amines is 1. The van der Waals surface area contributed by atoms with Crippen LogP contribution in [0.2, 0.25) is 0 Å². The number of carbonyl (C=O) groups excluding carboxylic acids is 1. The average Bonchev–Trinajstić information content (AvgIpc) is 2.76. The highest BCUT2D eigenvalue weighted by Gasteiger charge is 2.26. The van der Waals surface area contributed by atoms with Crippen LogP contribution in [0.5, 0.6) is 0 Å². The van der Waals surface area contributed by atoms with Gasteiger partial charge in [-0.3, -0.25) is 19.1 Å². The fourth-order valence-electron chi connectivity index (χ4n) is 3.51. The standard InChI is InChI=1S/C24H29N5O3/c1-17(2)14-28(20(30)16-27(3)19-12-8-5-9-13-19)21-22(25)29(24(32)26-23(21)31)15-18-10-6-4-7-11-18/h4-13,17H,14-16,25H2,1-3H3,(H,26,31,32). The third kappa shape index (κ3) is 5.26. The van der Waals surface area contributed by atoms with Gasteiger partial charge in [-0.05, 0) is 23.6 Å². The van der Waals surface area contributed by atoms with E-state index in [1.165, 1.54) is 9.47 Å². The van der Waals surface area contributed by atoms with Gasteiger partial charge < -0.3 is 15.5 Å². The molecule has 1 heterocycles. The Balaban J connectivity index is 1.99. The molecule has 0 aliphatic carbocycles. The highest BCUT2D eigenvalue weighted by atomic mass is 16.2. The lowest BCUT2D eigenvalue weighted by Gasteiger charge is -2.28. The van der Waals surface area contributed by atoms with Gasteiger partial charge in [0.1, 0.15) is 5.82 Å². The maximum absolute atomic E-state index is 13.3. The Morgan fingerprint density at radius 1 is 1.03 bits per heavy atom. The molecule has 0 aliphatic heterocycles. The number of benzene rings is 2. The molecule has 1 aromatic heterocycles. The normalized spacial score (nSPS) is 10.9. The lowest BCUT2D eigenvalue weighted by atomic mass is 10.2. The number of nitrogens with one attached hydrogen (secondary N) is 1. The number of H-pyrrole nitrogens is 1. The first kappa shape index (κ1) is 22.9. The van der Waals surface area contributed by atoms with Gasteiger partial charge >= 0.3 is 5.69 Å². The Kier molecular flexibility index (Phi) is 7.14. The van der Waals surface area contributed by atoms with Crippen molar-refractivity contribution in [2.75, 3.05) is 35.7 Å². The molecule has 168 valence electrons. The first-order valence-corrected chi connectivity index (χ1v) is 10.5. The molecule has 0 atom stereocenters. The predicted octanol–water partition coefficient (Wildman–Crippen LogP) is 2.29. The summed E-state index contributed by atoms with van der Waals surface area (Å²) < 4.78 is 1.29. The largest absolute Gasteiger partial charge is 0.383 e. The van der Waals surface area contributed by atoms with E-state index in [0.717, 1.165) is 11.3 Å². The number of nitrogens with two attached hydrogens (primary N) is 1. The summed E-state index contributed by atoms with van der Waals surface area (Å²) in [5.74, 6) is -0.236. The average molecular weight is 436 g/mol. The lowest BCUT2D eigenvalue weighted by molar-refractivity contribution is -0.117. The molecule has 0 aliphatic rings. The van der Waals surface area contributed by atoms with Crippen molar-refractivity contribution in [3.8, 4) is 0 Å². The van der Waals surface area contributed by atoms with Gasteiger partial charge in [-0.15, -0.1) is 0 Å². The first-order valence-electron chi connectivity index (χ1n) is 10.5.